The molecule has 1 aromatic rings. The summed E-state index contributed by atoms with van der Waals surface area (Å²) in [5.74, 6) is 1.11. The quantitative estimate of drug-likeness (QED) is 0.412. The van der Waals surface area contributed by atoms with Gasteiger partial charge in [-0.3, -0.25) is 9.89 Å². The van der Waals surface area contributed by atoms with Crippen LogP contribution in [0, 0.1) is 12.3 Å². The highest BCUT2D eigenvalue weighted by Gasteiger charge is 2.42. The van der Waals surface area contributed by atoms with Gasteiger partial charge in [0.2, 0.25) is 0 Å². The Labute approximate surface area is 188 Å². The van der Waals surface area contributed by atoms with Gasteiger partial charge in [0.1, 0.15) is 0 Å². The molecule has 1 aromatic carbocycles. The molecule has 1 atom stereocenters. The van der Waals surface area contributed by atoms with Crippen molar-refractivity contribution in [1.82, 2.24) is 15.1 Å². The maximum absolute atomic E-state index is 5.68. The van der Waals surface area contributed by atoms with Crippen LogP contribution in [0.2, 0.25) is 0 Å². The molecule has 3 fully saturated rings. The number of nitrogens with zero attached hydrogens (tertiary/aromatic N) is 4. The molecule has 1 N–H and O–H groups in total. The highest BCUT2D eigenvalue weighted by Crippen LogP contribution is 2.38. The van der Waals surface area contributed by atoms with E-state index in [-0.39, 0.29) is 0 Å². The molecule has 172 valence electrons. The van der Waals surface area contributed by atoms with Gasteiger partial charge in [0.25, 0.3) is 0 Å². The van der Waals surface area contributed by atoms with Crippen LogP contribution >= 0.6 is 0 Å². The maximum Gasteiger partial charge on any atom is 0.193 e. The minimum absolute atomic E-state index is 0.386. The number of unbranched alkanes of at least 4 members (excludes halogenated alkanes) is 1. The van der Waals surface area contributed by atoms with E-state index >= 15 is 0 Å². The van der Waals surface area contributed by atoms with Gasteiger partial charge in [-0.05, 0) is 63.8 Å². The van der Waals surface area contributed by atoms with Crippen LogP contribution in [0.25, 0.3) is 0 Å². The molecule has 1 unspecified atom stereocenters. The number of hydrogen-bond donors (Lipinski definition) is 1. The molecule has 6 heteroatoms. The van der Waals surface area contributed by atoms with Gasteiger partial charge in [-0.2, -0.15) is 0 Å². The standard InChI is InChI=1S/C25H41N5O/c1-3-26-24(30-13-9-25(20-30)10-18-31-21-25)27-11-4-5-12-28-14-16-29(17-15-28)23-8-6-7-22(2)19-23/h6-8,19H,3-5,9-18,20-21H2,1-2H3,(H,26,27). The first-order valence-electron chi connectivity index (χ1n) is 12.3. The zero-order chi connectivity index (χ0) is 21.5. The smallest absolute Gasteiger partial charge is 0.193 e. The number of aliphatic imine (C=N–C) groups is 1. The number of rotatable bonds is 7. The molecule has 4 rings (SSSR count). The second-order valence-corrected chi connectivity index (χ2v) is 9.58. The van der Waals surface area contributed by atoms with E-state index in [1.54, 1.807) is 0 Å². The van der Waals surface area contributed by atoms with Crippen molar-refractivity contribution >= 4 is 11.6 Å². The number of piperazine rings is 1. The molecule has 31 heavy (non-hydrogen) atoms. The topological polar surface area (TPSA) is 43.3 Å². The second-order valence-electron chi connectivity index (χ2n) is 9.58. The first-order valence-corrected chi connectivity index (χ1v) is 12.3. The molecule has 3 aliphatic rings. The summed E-state index contributed by atoms with van der Waals surface area (Å²) in [6.45, 7) is 16.1. The third-order valence-electron chi connectivity index (χ3n) is 7.14. The highest BCUT2D eigenvalue weighted by atomic mass is 16.5. The van der Waals surface area contributed by atoms with Crippen molar-refractivity contribution in [3.05, 3.63) is 29.8 Å². The second kappa shape index (κ2) is 10.7. The molecule has 0 amide bonds. The van der Waals surface area contributed by atoms with Gasteiger partial charge >= 0.3 is 0 Å². The van der Waals surface area contributed by atoms with E-state index < -0.39 is 0 Å². The number of nitrogens with one attached hydrogen (secondary N) is 1. The van der Waals surface area contributed by atoms with Crippen molar-refractivity contribution < 1.29 is 4.74 Å². The minimum Gasteiger partial charge on any atom is -0.381 e. The summed E-state index contributed by atoms with van der Waals surface area (Å²) in [7, 11) is 0. The predicted octanol–water partition coefficient (Wildman–Crippen LogP) is 2.98. The normalized spacial score (nSPS) is 25.0. The lowest BCUT2D eigenvalue weighted by Gasteiger charge is -2.36. The Bertz CT molecular complexity index is 722. The van der Waals surface area contributed by atoms with Crippen molar-refractivity contribution in [1.29, 1.82) is 0 Å². The van der Waals surface area contributed by atoms with Gasteiger partial charge in [0, 0.05) is 70.1 Å². The van der Waals surface area contributed by atoms with Gasteiger partial charge in [-0.25, -0.2) is 0 Å². The third-order valence-corrected chi connectivity index (χ3v) is 7.14. The van der Waals surface area contributed by atoms with Crippen molar-refractivity contribution in [2.45, 2.75) is 39.5 Å². The predicted molar refractivity (Wildman–Crippen MR) is 129 cm³/mol. The Morgan fingerprint density at radius 2 is 2.00 bits per heavy atom. The zero-order valence-corrected chi connectivity index (χ0v) is 19.6. The van der Waals surface area contributed by atoms with E-state index in [2.05, 4.69) is 58.1 Å². The Balaban J connectivity index is 1.16. The molecule has 0 saturated carbocycles. The van der Waals surface area contributed by atoms with E-state index in [4.69, 9.17) is 9.73 Å². The molecule has 0 aliphatic carbocycles. The third kappa shape index (κ3) is 5.92. The number of hydrogen-bond acceptors (Lipinski definition) is 4. The number of ether oxygens (including phenoxy) is 1. The lowest BCUT2D eigenvalue weighted by atomic mass is 9.87. The summed E-state index contributed by atoms with van der Waals surface area (Å²) in [5.41, 5.74) is 3.10. The molecule has 1 spiro atoms. The van der Waals surface area contributed by atoms with Crippen molar-refractivity contribution in [3.63, 3.8) is 0 Å². The summed E-state index contributed by atoms with van der Waals surface area (Å²) < 4.78 is 5.68. The largest absolute Gasteiger partial charge is 0.381 e. The zero-order valence-electron chi connectivity index (χ0n) is 19.6. The summed E-state index contributed by atoms with van der Waals surface area (Å²) >= 11 is 0. The Morgan fingerprint density at radius 1 is 1.13 bits per heavy atom. The summed E-state index contributed by atoms with van der Waals surface area (Å²) in [4.78, 5) is 12.6. The van der Waals surface area contributed by atoms with Crippen LogP contribution in [-0.4, -0.2) is 87.9 Å². The summed E-state index contributed by atoms with van der Waals surface area (Å²) in [5, 5.41) is 3.51. The van der Waals surface area contributed by atoms with Gasteiger partial charge in [-0.1, -0.05) is 12.1 Å². The fourth-order valence-corrected chi connectivity index (χ4v) is 5.20. The van der Waals surface area contributed by atoms with Gasteiger partial charge < -0.3 is 19.9 Å². The lowest BCUT2D eigenvalue weighted by Crippen LogP contribution is -2.46. The van der Waals surface area contributed by atoms with E-state index in [0.717, 1.165) is 78.0 Å². The van der Waals surface area contributed by atoms with Crippen molar-refractivity contribution in [2.24, 2.45) is 10.4 Å². The van der Waals surface area contributed by atoms with Crippen LogP contribution in [-0.2, 0) is 4.74 Å². The van der Waals surface area contributed by atoms with E-state index in [1.807, 2.05) is 0 Å². The molecular formula is C25H41N5O. The fourth-order valence-electron chi connectivity index (χ4n) is 5.20. The van der Waals surface area contributed by atoms with Gasteiger partial charge in [0.15, 0.2) is 5.96 Å². The monoisotopic (exact) mass is 427 g/mol. The van der Waals surface area contributed by atoms with Crippen LogP contribution in [0.15, 0.2) is 29.3 Å². The molecule has 0 bridgehead atoms. The number of benzene rings is 1. The number of likely N-dealkylation sites (tertiary alicyclic amines) is 1. The average Bonchev–Trinajstić information content (AvgIpc) is 3.43. The maximum atomic E-state index is 5.68. The number of aryl methyl sites for hydroxylation is 1. The molecule has 3 saturated heterocycles. The molecule has 0 radical (unpaired) electrons. The number of guanidine groups is 1. The Hall–Kier alpha value is -1.79. The van der Waals surface area contributed by atoms with E-state index in [9.17, 15) is 0 Å². The fraction of sp³-hybridized carbons (Fsp3) is 0.720. The first-order chi connectivity index (χ1) is 15.2. The van der Waals surface area contributed by atoms with Crippen LogP contribution in [0.4, 0.5) is 5.69 Å². The molecule has 3 heterocycles. The first kappa shape index (κ1) is 22.4. The molecule has 3 aliphatic heterocycles. The summed E-state index contributed by atoms with van der Waals surface area (Å²) in [6, 6.07) is 8.89. The SMILES string of the molecule is CCNC(=NCCCCN1CCN(c2cccc(C)c2)CC1)N1CCC2(CCOC2)C1. The Kier molecular flexibility index (Phi) is 7.72. The van der Waals surface area contributed by atoms with Crippen LogP contribution in [0.1, 0.15) is 38.2 Å². The van der Waals surface area contributed by atoms with Crippen LogP contribution in [0.3, 0.4) is 0 Å². The van der Waals surface area contributed by atoms with Crippen LogP contribution < -0.4 is 10.2 Å². The lowest BCUT2D eigenvalue weighted by molar-refractivity contribution is 0.156. The molecular weight excluding hydrogens is 386 g/mol. The van der Waals surface area contributed by atoms with Gasteiger partial charge in [0.05, 0.1) is 6.61 Å². The molecule has 6 nitrogen and oxygen atoms in total. The van der Waals surface area contributed by atoms with Crippen LogP contribution in [0.5, 0.6) is 0 Å². The minimum atomic E-state index is 0.386. The van der Waals surface area contributed by atoms with Crippen molar-refractivity contribution in [3.8, 4) is 0 Å². The Morgan fingerprint density at radius 3 is 2.74 bits per heavy atom. The van der Waals surface area contributed by atoms with Crippen molar-refractivity contribution in [2.75, 3.05) is 77.0 Å². The van der Waals surface area contributed by atoms with Gasteiger partial charge in [-0.15, -0.1) is 0 Å². The van der Waals surface area contributed by atoms with E-state index in [0.29, 0.717) is 5.41 Å². The highest BCUT2D eigenvalue weighted by molar-refractivity contribution is 5.80. The number of anilines is 1. The average molecular weight is 428 g/mol. The molecule has 0 aromatic heterocycles. The summed E-state index contributed by atoms with van der Waals surface area (Å²) in [6.07, 6.45) is 4.84. The van der Waals surface area contributed by atoms with E-state index in [1.165, 1.54) is 37.1 Å².